The Balaban J connectivity index is 2.14. The smallest absolute Gasteiger partial charge is 0.149 e. The summed E-state index contributed by atoms with van der Waals surface area (Å²) in [4.78, 5) is 11.9. The molecule has 0 unspecified atom stereocenters. The molecule has 0 radical (unpaired) electrons. The van der Waals surface area contributed by atoms with Crippen LogP contribution in [0.2, 0.25) is 0 Å². The van der Waals surface area contributed by atoms with Crippen LogP contribution < -0.4 is 5.73 Å². The number of Topliss-reactive ketones (excluding diaryl/α,β-unsaturated/α-hetero) is 1. The molecule has 1 rings (SSSR count). The Kier molecular flexibility index (Phi) is 8.15. The average molecular weight is 261 g/mol. The van der Waals surface area contributed by atoms with Gasteiger partial charge in [-0.2, -0.15) is 0 Å². The van der Waals surface area contributed by atoms with Gasteiger partial charge >= 0.3 is 0 Å². The molecule has 0 saturated carbocycles. The van der Waals surface area contributed by atoms with E-state index in [2.05, 4.69) is 19.1 Å². The molecule has 19 heavy (non-hydrogen) atoms. The first kappa shape index (κ1) is 15.9. The van der Waals surface area contributed by atoms with Crippen LogP contribution in [0.4, 0.5) is 0 Å². The Morgan fingerprint density at radius 1 is 1.11 bits per heavy atom. The number of unbranched alkanes of at least 4 members (excludes halogenated alkanes) is 4. The Morgan fingerprint density at radius 3 is 2.47 bits per heavy atom. The summed E-state index contributed by atoms with van der Waals surface area (Å²) in [5.74, 6) is 0.229. The third-order valence-electron chi connectivity index (χ3n) is 3.53. The number of hydrogen-bond donors (Lipinski definition) is 1. The second kappa shape index (κ2) is 9.74. The highest BCUT2D eigenvalue weighted by Crippen LogP contribution is 2.09. The second-order valence-electron chi connectivity index (χ2n) is 5.26. The van der Waals surface area contributed by atoms with Crippen LogP contribution in [0.25, 0.3) is 0 Å². The lowest BCUT2D eigenvalue weighted by Crippen LogP contribution is -2.30. The summed E-state index contributed by atoms with van der Waals surface area (Å²) in [6.07, 6.45) is 8.21. The first-order valence-electron chi connectivity index (χ1n) is 7.56. The molecule has 0 bridgehead atoms. The van der Waals surface area contributed by atoms with Crippen molar-refractivity contribution < 1.29 is 4.79 Å². The fourth-order valence-electron chi connectivity index (χ4n) is 2.22. The first-order chi connectivity index (χ1) is 9.24. The molecule has 106 valence electrons. The van der Waals surface area contributed by atoms with Crippen LogP contribution in [0.15, 0.2) is 30.3 Å². The Morgan fingerprint density at radius 2 is 1.79 bits per heavy atom. The average Bonchev–Trinajstić information content (AvgIpc) is 2.45. The fourth-order valence-corrected chi connectivity index (χ4v) is 2.22. The molecule has 0 amide bonds. The van der Waals surface area contributed by atoms with Crippen LogP contribution in [0.5, 0.6) is 0 Å². The van der Waals surface area contributed by atoms with E-state index in [4.69, 9.17) is 5.73 Å². The fraction of sp³-hybridized carbons (Fsp3) is 0.588. The van der Waals surface area contributed by atoms with E-state index in [9.17, 15) is 4.79 Å². The zero-order chi connectivity index (χ0) is 13.9. The normalized spacial score (nSPS) is 12.3. The van der Waals surface area contributed by atoms with E-state index in [1.165, 1.54) is 24.8 Å². The van der Waals surface area contributed by atoms with E-state index in [-0.39, 0.29) is 11.8 Å². The predicted octanol–water partition coefficient (Wildman–Crippen LogP) is 3.88. The number of rotatable bonds is 10. The second-order valence-corrected chi connectivity index (χ2v) is 5.26. The van der Waals surface area contributed by atoms with Gasteiger partial charge in [-0.15, -0.1) is 0 Å². The molecule has 0 aromatic heterocycles. The third kappa shape index (κ3) is 7.12. The molecule has 0 heterocycles. The van der Waals surface area contributed by atoms with Crippen molar-refractivity contribution in [3.8, 4) is 0 Å². The van der Waals surface area contributed by atoms with Crippen molar-refractivity contribution in [2.45, 2.75) is 64.3 Å². The quantitative estimate of drug-likeness (QED) is 0.650. The zero-order valence-corrected chi connectivity index (χ0v) is 12.1. The van der Waals surface area contributed by atoms with Crippen molar-refractivity contribution in [1.82, 2.24) is 0 Å². The summed E-state index contributed by atoms with van der Waals surface area (Å²) in [7, 11) is 0. The largest absolute Gasteiger partial charge is 0.321 e. The van der Waals surface area contributed by atoms with Crippen LogP contribution in [0, 0.1) is 0 Å². The van der Waals surface area contributed by atoms with E-state index in [1.807, 2.05) is 18.2 Å². The molecule has 0 fully saturated rings. The Bertz CT molecular complexity index is 348. The molecule has 0 aliphatic rings. The SMILES string of the molecule is CCCCCCCC(=O)[C@@H](N)CCc1ccccc1. The van der Waals surface area contributed by atoms with E-state index in [1.54, 1.807) is 0 Å². The predicted molar refractivity (Wildman–Crippen MR) is 81.1 cm³/mol. The van der Waals surface area contributed by atoms with Crippen molar-refractivity contribution in [2.75, 3.05) is 0 Å². The lowest BCUT2D eigenvalue weighted by Gasteiger charge is -2.10. The molecule has 2 N–H and O–H groups in total. The maximum atomic E-state index is 11.9. The third-order valence-corrected chi connectivity index (χ3v) is 3.53. The summed E-state index contributed by atoms with van der Waals surface area (Å²) in [5.41, 5.74) is 7.21. The number of hydrogen-bond acceptors (Lipinski definition) is 2. The molecule has 0 aliphatic heterocycles. The molecule has 2 nitrogen and oxygen atoms in total. The lowest BCUT2D eigenvalue weighted by molar-refractivity contribution is -0.120. The minimum Gasteiger partial charge on any atom is -0.321 e. The van der Waals surface area contributed by atoms with Crippen LogP contribution >= 0.6 is 0 Å². The lowest BCUT2D eigenvalue weighted by atomic mass is 9.99. The van der Waals surface area contributed by atoms with E-state index < -0.39 is 0 Å². The van der Waals surface area contributed by atoms with Gasteiger partial charge in [-0.05, 0) is 24.8 Å². The van der Waals surface area contributed by atoms with Crippen molar-refractivity contribution in [1.29, 1.82) is 0 Å². The van der Waals surface area contributed by atoms with Gasteiger partial charge in [0.1, 0.15) is 5.78 Å². The van der Waals surface area contributed by atoms with Crippen molar-refractivity contribution in [2.24, 2.45) is 5.73 Å². The summed E-state index contributed by atoms with van der Waals surface area (Å²) >= 11 is 0. The van der Waals surface area contributed by atoms with Crippen molar-refractivity contribution in [3.05, 3.63) is 35.9 Å². The standard InChI is InChI=1S/C17H27NO/c1-2-3-4-5-9-12-17(19)16(18)14-13-15-10-7-6-8-11-15/h6-8,10-11,16H,2-5,9,12-14,18H2,1H3/t16-/m0/s1. The van der Waals surface area contributed by atoms with Gasteiger partial charge < -0.3 is 5.73 Å². The highest BCUT2D eigenvalue weighted by molar-refractivity contribution is 5.83. The Hall–Kier alpha value is -1.15. The highest BCUT2D eigenvalue weighted by Gasteiger charge is 2.12. The Labute approximate surface area is 117 Å². The monoisotopic (exact) mass is 261 g/mol. The number of aryl methyl sites for hydroxylation is 1. The summed E-state index contributed by atoms with van der Waals surface area (Å²) in [6, 6.07) is 9.94. The molecule has 0 aliphatic carbocycles. The van der Waals surface area contributed by atoms with Gasteiger partial charge in [0.15, 0.2) is 0 Å². The minimum absolute atomic E-state index is 0.229. The van der Waals surface area contributed by atoms with Gasteiger partial charge in [0.25, 0.3) is 0 Å². The van der Waals surface area contributed by atoms with Crippen LogP contribution in [0.1, 0.15) is 57.4 Å². The van der Waals surface area contributed by atoms with Crippen LogP contribution in [-0.2, 0) is 11.2 Å². The number of nitrogens with two attached hydrogens (primary N) is 1. The van der Waals surface area contributed by atoms with E-state index >= 15 is 0 Å². The summed E-state index contributed by atoms with van der Waals surface area (Å²) in [5, 5.41) is 0. The number of ketones is 1. The molecule has 1 aromatic carbocycles. The van der Waals surface area contributed by atoms with Crippen molar-refractivity contribution in [3.63, 3.8) is 0 Å². The van der Waals surface area contributed by atoms with Gasteiger partial charge in [0.2, 0.25) is 0 Å². The van der Waals surface area contributed by atoms with E-state index in [0.717, 1.165) is 25.7 Å². The number of benzene rings is 1. The topological polar surface area (TPSA) is 43.1 Å². The molecule has 1 aromatic rings. The van der Waals surface area contributed by atoms with Gasteiger partial charge in [-0.3, -0.25) is 4.79 Å². The molecular weight excluding hydrogens is 234 g/mol. The molecule has 0 saturated heterocycles. The number of carbonyl (C=O) groups is 1. The van der Waals surface area contributed by atoms with Gasteiger partial charge in [-0.1, -0.05) is 62.9 Å². The zero-order valence-electron chi connectivity index (χ0n) is 12.1. The summed E-state index contributed by atoms with van der Waals surface area (Å²) < 4.78 is 0. The number of carbonyl (C=O) groups excluding carboxylic acids is 1. The van der Waals surface area contributed by atoms with Gasteiger partial charge in [0, 0.05) is 6.42 Å². The van der Waals surface area contributed by atoms with Crippen LogP contribution in [0.3, 0.4) is 0 Å². The maximum Gasteiger partial charge on any atom is 0.149 e. The highest BCUT2D eigenvalue weighted by atomic mass is 16.1. The first-order valence-corrected chi connectivity index (χ1v) is 7.56. The van der Waals surface area contributed by atoms with Crippen LogP contribution in [-0.4, -0.2) is 11.8 Å². The maximum absolute atomic E-state index is 11.9. The molecule has 2 heteroatoms. The van der Waals surface area contributed by atoms with Crippen molar-refractivity contribution >= 4 is 5.78 Å². The van der Waals surface area contributed by atoms with Gasteiger partial charge in [-0.25, -0.2) is 0 Å². The molecular formula is C17H27NO. The van der Waals surface area contributed by atoms with Gasteiger partial charge in [0.05, 0.1) is 6.04 Å². The van der Waals surface area contributed by atoms with E-state index in [0.29, 0.717) is 6.42 Å². The minimum atomic E-state index is -0.286. The molecule has 1 atom stereocenters. The summed E-state index contributed by atoms with van der Waals surface area (Å²) in [6.45, 7) is 2.20. The molecule has 0 spiro atoms.